The van der Waals surface area contributed by atoms with Gasteiger partial charge in [-0.15, -0.1) is 0 Å². The number of allylic oxidation sites excluding steroid dienone is 2. The summed E-state index contributed by atoms with van der Waals surface area (Å²) in [6.07, 6.45) is 2.25. The number of likely N-dealkylation sites (N-methyl/N-ethyl adjacent to an activating group) is 7. The molecule has 0 saturated carbocycles. The summed E-state index contributed by atoms with van der Waals surface area (Å²) in [4.78, 5) is 189. The van der Waals surface area contributed by atoms with Crippen molar-refractivity contribution in [3.05, 3.63) is 12.2 Å². The quantitative estimate of drug-likeness (QED) is 0.120. The van der Waals surface area contributed by atoms with Crippen LogP contribution in [0.15, 0.2) is 12.2 Å². The molecule has 16 atom stereocenters. The molecule has 28 heteroatoms. The molecule has 28 nitrogen and oxygen atoms in total. The maximum atomic E-state index is 15.3. The molecule has 4 saturated heterocycles. The Morgan fingerprint density at radius 1 is 0.536 bits per heavy atom. The van der Waals surface area contributed by atoms with Crippen LogP contribution in [0.3, 0.4) is 0 Å². The molecule has 0 aromatic heterocycles. The van der Waals surface area contributed by atoms with Crippen molar-refractivity contribution in [3.63, 3.8) is 0 Å². The van der Waals surface area contributed by atoms with Crippen LogP contribution in [-0.4, -0.2) is 295 Å². The zero-order valence-electron chi connectivity index (χ0n) is 62.3. The van der Waals surface area contributed by atoms with E-state index in [0.717, 1.165) is 0 Å². The summed E-state index contributed by atoms with van der Waals surface area (Å²) in [6, 6.07) is -13.9. The van der Waals surface area contributed by atoms with E-state index in [4.69, 9.17) is 14.2 Å². The lowest BCUT2D eigenvalue weighted by Crippen LogP contribution is -2.62. The third kappa shape index (κ3) is 20.8. The minimum Gasteiger partial charge on any atom is -0.447 e. The number of piperazine rings is 1. The number of hydrogen-bond acceptors (Lipinski definition) is 16. The molecule has 0 spiro atoms. The molecule has 12 amide bonds. The summed E-state index contributed by atoms with van der Waals surface area (Å²) >= 11 is 0. The summed E-state index contributed by atoms with van der Waals surface area (Å²) in [5, 5.41) is 11.2. The smallest absolute Gasteiger partial charge is 0.410 e. The second-order valence-corrected chi connectivity index (χ2v) is 29.1. The molecule has 0 aromatic rings. The molecular weight excluding hydrogens is 1250 g/mol. The van der Waals surface area contributed by atoms with Crippen LogP contribution in [0.25, 0.3) is 0 Å². The Labute approximate surface area is 576 Å². The van der Waals surface area contributed by atoms with Crippen molar-refractivity contribution < 1.29 is 71.7 Å². The number of cyclic esters (lactones) is 1. The van der Waals surface area contributed by atoms with Gasteiger partial charge in [-0.25, -0.2) is 4.79 Å². The molecule has 1 unspecified atom stereocenters. The molecule has 4 fully saturated rings. The van der Waals surface area contributed by atoms with Gasteiger partial charge in [0.25, 0.3) is 0 Å². The summed E-state index contributed by atoms with van der Waals surface area (Å²) in [7, 11) is 10.1. The van der Waals surface area contributed by atoms with Crippen molar-refractivity contribution in [2.75, 3.05) is 95.3 Å². The summed E-state index contributed by atoms with van der Waals surface area (Å²) < 4.78 is 18.3. The zero-order chi connectivity index (χ0) is 73.5. The van der Waals surface area contributed by atoms with Crippen LogP contribution in [0, 0.1) is 35.5 Å². The fraction of sp³-hybridized carbons (Fsp3) is 0.797. The third-order valence-corrected chi connectivity index (χ3v) is 19.6. The normalized spacial score (nSPS) is 30.3. The van der Waals surface area contributed by atoms with E-state index in [1.165, 1.54) is 104 Å². The van der Waals surface area contributed by atoms with Crippen LogP contribution in [-0.2, 0) is 67.0 Å². The van der Waals surface area contributed by atoms with Crippen molar-refractivity contribution in [1.82, 2.24) is 65.4 Å². The van der Waals surface area contributed by atoms with Gasteiger partial charge in [0.1, 0.15) is 73.1 Å². The average Bonchev–Trinajstić information content (AvgIpc) is 1.71. The van der Waals surface area contributed by atoms with Crippen LogP contribution < -0.4 is 21.3 Å². The third-order valence-electron chi connectivity index (χ3n) is 19.6. The standard InChI is InChI=1S/C69H119N13O15/c1-24-26-27-42(11)57-56-61(86)72-49(25-2)64(89)74(17)46(15)63(88)78(21)54(43(12)36-95-31-30-81-28-29-82-48(35-81)37-96-69(82)94)60(85)73-53(41(9)10)67(92)75(18)50(32-38(3)4)59(84)70-44(13)58(83)71-45(14)62(87)76(19)51(33-39(5)6)65(90)77(20)52(34-40(7)8)66(91)79(22)55(47(16)97-57)68(93)80(56)23/h24,26,38-57H,25,27-37H2,1-23H3,(H,70,84)(H,71,83)(H,72,86)(H,73,85)/b26-24+/t42-,43-,44+,45-,46-,47?,48+,49+,50+,51+,52+,53+,54+,55+,56+,57-/m1/s1. The molecule has 550 valence electrons. The zero-order valence-corrected chi connectivity index (χ0v) is 62.3. The second-order valence-electron chi connectivity index (χ2n) is 29.1. The lowest BCUT2D eigenvalue weighted by Gasteiger charge is -2.39. The lowest BCUT2D eigenvalue weighted by molar-refractivity contribution is -0.155. The van der Waals surface area contributed by atoms with E-state index < -0.39 is 161 Å². The van der Waals surface area contributed by atoms with E-state index >= 15 is 28.8 Å². The van der Waals surface area contributed by atoms with E-state index in [-0.39, 0.29) is 75.4 Å². The fourth-order valence-corrected chi connectivity index (χ4v) is 13.4. The molecule has 0 aliphatic carbocycles. The first kappa shape index (κ1) is 82.5. The average molecular weight is 1370 g/mol. The Kier molecular flexibility index (Phi) is 31.3. The van der Waals surface area contributed by atoms with Crippen molar-refractivity contribution in [2.24, 2.45) is 35.5 Å². The van der Waals surface area contributed by atoms with Crippen molar-refractivity contribution in [1.29, 1.82) is 0 Å². The van der Waals surface area contributed by atoms with Crippen molar-refractivity contribution in [2.45, 2.75) is 228 Å². The largest absolute Gasteiger partial charge is 0.447 e. The number of nitrogens with zero attached hydrogens (tertiary/aromatic N) is 9. The van der Waals surface area contributed by atoms with Gasteiger partial charge in [0.05, 0.1) is 31.5 Å². The van der Waals surface area contributed by atoms with Crippen molar-refractivity contribution >= 4 is 71.1 Å². The highest BCUT2D eigenvalue weighted by Gasteiger charge is 2.51. The lowest BCUT2D eigenvalue weighted by atomic mass is 9.92. The molecule has 97 heavy (non-hydrogen) atoms. The predicted octanol–water partition coefficient (Wildman–Crippen LogP) is 2.17. The second kappa shape index (κ2) is 36.8. The first-order chi connectivity index (χ1) is 45.2. The number of nitrogens with one attached hydrogen (secondary N) is 4. The van der Waals surface area contributed by atoms with Gasteiger partial charge in [0.2, 0.25) is 65.0 Å². The number of carbonyl (C=O) groups excluding carboxylic acids is 12. The van der Waals surface area contributed by atoms with Gasteiger partial charge in [-0.1, -0.05) is 88.3 Å². The summed E-state index contributed by atoms with van der Waals surface area (Å²) in [5.41, 5.74) is 0. The Hall–Kier alpha value is -6.94. The maximum Gasteiger partial charge on any atom is 0.410 e. The van der Waals surface area contributed by atoms with E-state index in [1.807, 2.05) is 67.5 Å². The number of ether oxygens (including phenoxy) is 3. The molecule has 4 heterocycles. The highest BCUT2D eigenvalue weighted by Crippen LogP contribution is 2.31. The first-order valence-electron chi connectivity index (χ1n) is 34.8. The van der Waals surface area contributed by atoms with Gasteiger partial charge in [-0.3, -0.25) is 62.5 Å². The number of amides is 12. The molecule has 4 rings (SSSR count). The van der Waals surface area contributed by atoms with Gasteiger partial charge in [0.15, 0.2) is 0 Å². The minimum absolute atomic E-state index is 0.0326. The van der Waals surface area contributed by atoms with Crippen LogP contribution in [0.4, 0.5) is 4.79 Å². The minimum atomic E-state index is -1.37. The number of fused-ring (bicyclic) bond motifs is 4. The van der Waals surface area contributed by atoms with E-state index in [0.29, 0.717) is 32.6 Å². The maximum absolute atomic E-state index is 15.3. The SMILES string of the molecule is C/C=C/C[C@@H](C)[C@H]1OC(C)[C@H]2C(=O)N(C)[C@@H]1C(=O)N[C@@H](CC)C(=O)N(C)[C@H](C)C(=O)N(C)[C@@H]([C@H](C)COCCN1CCN3C(=O)OC[C@@H]3C1)C(=O)N[C@@H](C(C)C)C(=O)N(C)[C@@H](CC(C)C)C(=O)N[C@@H](C)C(=O)N[C@H](C)C(=O)N(C)[C@@H](CC(C)C)C(=O)N(C)[C@@H](CC(C)C)C(=O)N2C. The Bertz CT molecular complexity index is 2800. The predicted molar refractivity (Wildman–Crippen MR) is 365 cm³/mol. The molecule has 0 aromatic carbocycles. The van der Waals surface area contributed by atoms with E-state index in [2.05, 4.69) is 26.2 Å². The van der Waals surface area contributed by atoms with Gasteiger partial charge >= 0.3 is 6.09 Å². The molecule has 4 N–H and O–H groups in total. The van der Waals surface area contributed by atoms with E-state index in [1.54, 1.807) is 39.5 Å². The molecular formula is C69H119N13O15. The van der Waals surface area contributed by atoms with Crippen LogP contribution in [0.1, 0.15) is 143 Å². The first-order valence-corrected chi connectivity index (χ1v) is 34.8. The summed E-state index contributed by atoms with van der Waals surface area (Å²) in [5.74, 6) is -9.66. The Morgan fingerprint density at radius 3 is 1.63 bits per heavy atom. The molecule has 0 radical (unpaired) electrons. The summed E-state index contributed by atoms with van der Waals surface area (Å²) in [6.45, 7) is 30.4. The highest BCUT2D eigenvalue weighted by molar-refractivity contribution is 6.00. The fourth-order valence-electron chi connectivity index (χ4n) is 13.4. The Morgan fingerprint density at radius 2 is 1.07 bits per heavy atom. The van der Waals surface area contributed by atoms with Gasteiger partial charge in [0, 0.05) is 81.4 Å². The van der Waals surface area contributed by atoms with Gasteiger partial charge in [-0.05, 0) is 96.3 Å². The highest BCUT2D eigenvalue weighted by atomic mass is 16.6. The number of rotatable bonds is 17. The van der Waals surface area contributed by atoms with E-state index in [9.17, 15) is 28.8 Å². The topological polar surface area (TPSA) is 310 Å². The van der Waals surface area contributed by atoms with Crippen LogP contribution in [0.2, 0.25) is 0 Å². The van der Waals surface area contributed by atoms with Crippen molar-refractivity contribution in [3.8, 4) is 0 Å². The monoisotopic (exact) mass is 1370 g/mol. The Balaban J connectivity index is 1.88. The number of hydrogen-bond donors (Lipinski definition) is 4. The van der Waals surface area contributed by atoms with Crippen LogP contribution in [0.5, 0.6) is 0 Å². The molecule has 4 aliphatic rings. The number of carbonyl (C=O) groups is 12. The van der Waals surface area contributed by atoms with Gasteiger partial charge < -0.3 is 69.8 Å². The molecule has 4 aliphatic heterocycles. The molecule has 2 bridgehead atoms. The van der Waals surface area contributed by atoms with Gasteiger partial charge in [-0.2, -0.15) is 0 Å². The van der Waals surface area contributed by atoms with Crippen LogP contribution >= 0.6 is 0 Å².